The second kappa shape index (κ2) is 9.92. The summed E-state index contributed by atoms with van der Waals surface area (Å²) in [5.74, 6) is 3.27. The van der Waals surface area contributed by atoms with Gasteiger partial charge in [-0.25, -0.2) is 4.98 Å². The van der Waals surface area contributed by atoms with Crippen LogP contribution in [0, 0.1) is 0 Å². The number of methoxy groups -OCH3 is 1. The molecule has 0 bridgehead atoms. The summed E-state index contributed by atoms with van der Waals surface area (Å²) in [6.45, 7) is 1.23. The van der Waals surface area contributed by atoms with Crippen molar-refractivity contribution in [1.82, 2.24) is 15.2 Å². The van der Waals surface area contributed by atoms with E-state index in [9.17, 15) is 5.11 Å². The fourth-order valence-corrected chi connectivity index (χ4v) is 5.06. The molecule has 6 rings (SSSR count). The van der Waals surface area contributed by atoms with E-state index in [2.05, 4.69) is 44.1 Å². The molecule has 2 aliphatic rings. The first-order valence-corrected chi connectivity index (χ1v) is 11.9. The monoisotopic (exact) mass is 558 g/mol. The minimum absolute atomic E-state index is 0. The maximum atomic E-state index is 10.4. The van der Waals surface area contributed by atoms with Gasteiger partial charge < -0.3 is 41.0 Å². The van der Waals surface area contributed by atoms with Crippen molar-refractivity contribution >= 4 is 22.5 Å². The highest BCUT2D eigenvalue weighted by Crippen LogP contribution is 2.41. The molecule has 2 aromatic carbocycles. The molecule has 1 atom stereocenters. The standard InChI is InChI=1S/C24H23N4O5S.BrH/c1-30-20-3-2-14-6-19-17-8-22-21(32-13-33-22)7-15(17)4-5-28(19)9-18(14)23(20)31-10-16(29)11-34-24-25-12-26-27-24;/h2-3,6-9,12,16,29H,4-5,10-11,13H2,1H3,(H,25,26,27);1H/q+1;/p-1. The minimum Gasteiger partial charge on any atom is -1.00 e. The number of thioether (sulfide) groups is 1. The summed E-state index contributed by atoms with van der Waals surface area (Å²) in [6, 6.07) is 10.2. The lowest BCUT2D eigenvalue weighted by molar-refractivity contribution is -0.686. The van der Waals surface area contributed by atoms with Crippen LogP contribution >= 0.6 is 11.8 Å². The number of fused-ring (bicyclic) bond motifs is 5. The Kier molecular flexibility index (Phi) is 6.72. The molecule has 0 radical (unpaired) electrons. The van der Waals surface area contributed by atoms with Gasteiger partial charge in [0.2, 0.25) is 12.5 Å². The van der Waals surface area contributed by atoms with Crippen LogP contribution in [0.2, 0.25) is 0 Å². The molecule has 0 aliphatic carbocycles. The molecule has 0 saturated heterocycles. The van der Waals surface area contributed by atoms with Gasteiger partial charge in [-0.1, -0.05) is 11.8 Å². The number of ether oxygens (including phenoxy) is 4. The van der Waals surface area contributed by atoms with Crippen LogP contribution in [0.15, 0.2) is 48.0 Å². The SMILES string of the molecule is COc1ccc2cc3[n+](cc2c1OCC(O)CSc1ncn[nH]1)CCc1cc2c(cc1-3)OCO2.[Br-]. The average molecular weight is 559 g/mol. The Morgan fingerprint density at radius 1 is 1.23 bits per heavy atom. The first-order valence-electron chi connectivity index (χ1n) is 11.0. The Bertz CT molecular complexity index is 1370. The number of nitrogens with one attached hydrogen (secondary N) is 1. The number of hydrogen-bond donors (Lipinski definition) is 2. The number of pyridine rings is 1. The average Bonchev–Trinajstić information content (AvgIpc) is 3.55. The number of aliphatic hydroxyl groups is 1. The molecule has 0 amide bonds. The lowest BCUT2D eigenvalue weighted by Gasteiger charge is -2.18. The van der Waals surface area contributed by atoms with Crippen LogP contribution in [0.3, 0.4) is 0 Å². The summed E-state index contributed by atoms with van der Waals surface area (Å²) < 4.78 is 25.1. The highest BCUT2D eigenvalue weighted by atomic mass is 79.9. The summed E-state index contributed by atoms with van der Waals surface area (Å²) >= 11 is 1.39. The maximum Gasteiger partial charge on any atom is 0.231 e. The van der Waals surface area contributed by atoms with Crippen molar-refractivity contribution in [2.24, 2.45) is 0 Å². The van der Waals surface area contributed by atoms with Gasteiger partial charge in [0.15, 0.2) is 40.9 Å². The fraction of sp³-hybridized carbons (Fsp3) is 0.292. The summed E-state index contributed by atoms with van der Waals surface area (Å²) in [7, 11) is 1.62. The highest BCUT2D eigenvalue weighted by Gasteiger charge is 2.28. The normalized spacial score (nSPS) is 14.1. The Morgan fingerprint density at radius 2 is 2.09 bits per heavy atom. The predicted octanol–water partition coefficient (Wildman–Crippen LogP) is -0.258. The lowest BCUT2D eigenvalue weighted by Crippen LogP contribution is -3.00. The molecule has 2 N–H and O–H groups in total. The van der Waals surface area contributed by atoms with E-state index in [1.54, 1.807) is 7.11 Å². The molecule has 0 fully saturated rings. The van der Waals surface area contributed by atoms with E-state index in [1.807, 2.05) is 12.1 Å². The van der Waals surface area contributed by atoms with Crippen LogP contribution in [-0.2, 0) is 13.0 Å². The van der Waals surface area contributed by atoms with E-state index >= 15 is 0 Å². The molecular formula is C24H23BrN4O5S. The van der Waals surface area contributed by atoms with Crippen molar-refractivity contribution in [2.75, 3.05) is 26.3 Å². The third-order valence-electron chi connectivity index (χ3n) is 6.02. The number of benzene rings is 2. The zero-order chi connectivity index (χ0) is 23.1. The van der Waals surface area contributed by atoms with E-state index in [0.717, 1.165) is 46.5 Å². The van der Waals surface area contributed by atoms with Crippen molar-refractivity contribution in [2.45, 2.75) is 24.2 Å². The van der Waals surface area contributed by atoms with Gasteiger partial charge in [0, 0.05) is 18.2 Å². The number of aromatic amines is 1. The topological polar surface area (TPSA) is 103 Å². The molecule has 0 saturated carbocycles. The number of rotatable bonds is 7. The van der Waals surface area contributed by atoms with Gasteiger partial charge in [-0.15, -0.1) is 0 Å². The summed E-state index contributed by atoms with van der Waals surface area (Å²) in [6.07, 6.45) is 3.76. The smallest absolute Gasteiger partial charge is 0.231 e. The third kappa shape index (κ3) is 4.51. The molecule has 11 heteroatoms. The number of H-pyrrole nitrogens is 1. The first kappa shape index (κ1) is 23.7. The number of aromatic nitrogens is 4. The van der Waals surface area contributed by atoms with E-state index in [4.69, 9.17) is 18.9 Å². The number of aliphatic hydroxyl groups excluding tert-OH is 1. The molecular weight excluding hydrogens is 536 g/mol. The molecule has 35 heavy (non-hydrogen) atoms. The van der Waals surface area contributed by atoms with Gasteiger partial charge in [0.1, 0.15) is 12.9 Å². The fourth-order valence-electron chi connectivity index (χ4n) is 4.37. The van der Waals surface area contributed by atoms with E-state index in [1.165, 1.54) is 23.7 Å². The first-order chi connectivity index (χ1) is 16.7. The Morgan fingerprint density at radius 3 is 2.89 bits per heavy atom. The Labute approximate surface area is 216 Å². The van der Waals surface area contributed by atoms with Crippen LogP contribution in [0.4, 0.5) is 0 Å². The van der Waals surface area contributed by atoms with Gasteiger partial charge in [0.25, 0.3) is 0 Å². The number of nitrogens with zero attached hydrogens (tertiary/aromatic N) is 3. The second-order valence-corrected chi connectivity index (χ2v) is 9.14. The van der Waals surface area contributed by atoms with Gasteiger partial charge in [-0.2, -0.15) is 9.67 Å². The molecule has 0 spiro atoms. The largest absolute Gasteiger partial charge is 1.00 e. The molecule has 2 aromatic heterocycles. The van der Waals surface area contributed by atoms with Crippen molar-refractivity contribution in [1.29, 1.82) is 0 Å². The number of halogens is 1. The van der Waals surface area contributed by atoms with Gasteiger partial charge in [0.05, 0.1) is 24.2 Å². The number of hydrogen-bond acceptors (Lipinski definition) is 8. The van der Waals surface area contributed by atoms with Crippen molar-refractivity contribution in [3.8, 4) is 34.3 Å². The van der Waals surface area contributed by atoms with E-state index < -0.39 is 6.10 Å². The highest BCUT2D eigenvalue weighted by molar-refractivity contribution is 7.99. The Hall–Kier alpha value is -3.02. The van der Waals surface area contributed by atoms with Crippen molar-refractivity contribution < 1.29 is 45.6 Å². The van der Waals surface area contributed by atoms with Gasteiger partial charge in [-0.05, 0) is 35.2 Å². The van der Waals surface area contributed by atoms with Crippen LogP contribution in [0.1, 0.15) is 5.56 Å². The molecule has 4 aromatic rings. The minimum atomic E-state index is -0.684. The summed E-state index contributed by atoms with van der Waals surface area (Å²) in [4.78, 5) is 4.06. The summed E-state index contributed by atoms with van der Waals surface area (Å²) in [5.41, 5.74) is 3.52. The Balaban J connectivity index is 0.00000253. The van der Waals surface area contributed by atoms with Crippen molar-refractivity contribution in [3.63, 3.8) is 0 Å². The molecule has 182 valence electrons. The van der Waals surface area contributed by atoms with Gasteiger partial charge >= 0.3 is 0 Å². The number of aryl methyl sites for hydroxylation is 2. The van der Waals surface area contributed by atoms with Crippen molar-refractivity contribution in [3.05, 3.63) is 48.4 Å². The van der Waals surface area contributed by atoms with E-state index in [0.29, 0.717) is 22.4 Å². The lowest BCUT2D eigenvalue weighted by atomic mass is 9.95. The molecule has 4 heterocycles. The maximum absolute atomic E-state index is 10.4. The van der Waals surface area contributed by atoms with Gasteiger partial charge in [-0.3, -0.25) is 5.10 Å². The van der Waals surface area contributed by atoms with Crippen LogP contribution < -0.4 is 40.5 Å². The molecule has 1 unspecified atom stereocenters. The molecule has 2 aliphatic heterocycles. The van der Waals surface area contributed by atoms with Crippen LogP contribution in [0.5, 0.6) is 23.0 Å². The van der Waals surface area contributed by atoms with Crippen LogP contribution in [-0.4, -0.2) is 52.7 Å². The van der Waals surface area contributed by atoms with Crippen LogP contribution in [0.25, 0.3) is 22.0 Å². The zero-order valence-corrected chi connectivity index (χ0v) is 21.3. The quantitative estimate of drug-likeness (QED) is 0.236. The predicted molar refractivity (Wildman–Crippen MR) is 125 cm³/mol. The third-order valence-corrected chi connectivity index (χ3v) is 7.04. The summed E-state index contributed by atoms with van der Waals surface area (Å²) in [5, 5.41) is 19.7. The zero-order valence-electron chi connectivity index (χ0n) is 18.9. The second-order valence-electron chi connectivity index (χ2n) is 8.13. The molecule has 9 nitrogen and oxygen atoms in total. The van der Waals surface area contributed by atoms with E-state index in [-0.39, 0.29) is 30.4 Å².